The van der Waals surface area contributed by atoms with Crippen molar-refractivity contribution < 1.29 is 12.8 Å². The molecule has 0 aliphatic carbocycles. The normalized spacial score (nSPS) is 11.1. The molecule has 0 saturated heterocycles. The van der Waals surface area contributed by atoms with Crippen LogP contribution in [0.4, 0.5) is 5.69 Å². The van der Waals surface area contributed by atoms with E-state index in [0.29, 0.717) is 17.0 Å². The van der Waals surface area contributed by atoms with Crippen LogP contribution in [0.1, 0.15) is 11.3 Å². The van der Waals surface area contributed by atoms with Crippen molar-refractivity contribution >= 4 is 31.6 Å². The first kappa shape index (κ1) is 14.6. The van der Waals surface area contributed by atoms with Crippen LogP contribution in [0.2, 0.25) is 0 Å². The number of benzene rings is 1. The van der Waals surface area contributed by atoms with Crippen molar-refractivity contribution in [2.45, 2.75) is 11.6 Å². The van der Waals surface area contributed by atoms with Crippen LogP contribution in [0.5, 0.6) is 0 Å². The Balaban J connectivity index is 2.15. The first-order chi connectivity index (χ1) is 9.40. The van der Waals surface area contributed by atoms with Gasteiger partial charge in [-0.1, -0.05) is 15.9 Å². The van der Waals surface area contributed by atoms with Crippen molar-refractivity contribution in [2.75, 3.05) is 5.32 Å². The van der Waals surface area contributed by atoms with Crippen LogP contribution >= 0.6 is 15.9 Å². The van der Waals surface area contributed by atoms with E-state index in [1.54, 1.807) is 18.2 Å². The second-order valence-electron chi connectivity index (χ2n) is 3.92. The van der Waals surface area contributed by atoms with Crippen LogP contribution in [0, 0.1) is 11.3 Å². The number of nitrogens with two attached hydrogens (primary N) is 1. The average molecular weight is 356 g/mol. The molecule has 0 aliphatic rings. The van der Waals surface area contributed by atoms with E-state index >= 15 is 0 Å². The van der Waals surface area contributed by atoms with Gasteiger partial charge in [0.1, 0.15) is 11.8 Å². The summed E-state index contributed by atoms with van der Waals surface area (Å²) in [7, 11) is -3.84. The Labute approximate surface area is 124 Å². The minimum Gasteiger partial charge on any atom is -0.446 e. The zero-order valence-corrected chi connectivity index (χ0v) is 12.5. The first-order valence-corrected chi connectivity index (χ1v) is 7.79. The topological polar surface area (TPSA) is 109 Å². The molecule has 0 bridgehead atoms. The maximum Gasteiger partial charge on any atom is 0.271 e. The van der Waals surface area contributed by atoms with Crippen molar-refractivity contribution in [1.29, 1.82) is 5.26 Å². The SMILES string of the molecule is N#Cc1ccc(Br)cc1NCc1ccc(S(N)(=O)=O)o1. The third-order valence-corrected chi connectivity index (χ3v) is 3.75. The van der Waals surface area contributed by atoms with Gasteiger partial charge in [-0.2, -0.15) is 5.26 Å². The first-order valence-electron chi connectivity index (χ1n) is 5.45. The smallest absolute Gasteiger partial charge is 0.271 e. The molecule has 0 spiro atoms. The summed E-state index contributed by atoms with van der Waals surface area (Å²) in [5.41, 5.74) is 1.10. The van der Waals surface area contributed by atoms with Crippen LogP contribution in [-0.4, -0.2) is 8.42 Å². The summed E-state index contributed by atoms with van der Waals surface area (Å²) in [6.07, 6.45) is 0. The largest absolute Gasteiger partial charge is 0.446 e. The van der Waals surface area contributed by atoms with Gasteiger partial charge in [0, 0.05) is 4.47 Å². The number of furan rings is 1. The van der Waals surface area contributed by atoms with Crippen molar-refractivity contribution in [3.05, 3.63) is 46.1 Å². The average Bonchev–Trinajstić information content (AvgIpc) is 2.85. The van der Waals surface area contributed by atoms with Crippen LogP contribution in [-0.2, 0) is 16.6 Å². The molecule has 8 heteroatoms. The second-order valence-corrected chi connectivity index (χ2v) is 6.33. The molecule has 0 unspecified atom stereocenters. The number of nitriles is 1. The van der Waals surface area contributed by atoms with Crippen LogP contribution < -0.4 is 10.5 Å². The molecule has 0 fully saturated rings. The molecule has 104 valence electrons. The molecule has 2 aromatic rings. The van der Waals surface area contributed by atoms with E-state index in [1.807, 2.05) is 0 Å². The van der Waals surface area contributed by atoms with E-state index < -0.39 is 10.0 Å². The molecular formula is C12H10BrN3O3S. The Kier molecular flexibility index (Phi) is 4.13. The van der Waals surface area contributed by atoms with E-state index in [9.17, 15) is 8.42 Å². The number of halogens is 1. The number of anilines is 1. The van der Waals surface area contributed by atoms with Crippen molar-refractivity contribution in [3.63, 3.8) is 0 Å². The number of hydrogen-bond donors (Lipinski definition) is 2. The monoisotopic (exact) mass is 355 g/mol. The van der Waals surface area contributed by atoms with E-state index in [1.165, 1.54) is 12.1 Å². The number of sulfonamides is 1. The van der Waals surface area contributed by atoms with Gasteiger partial charge in [-0.15, -0.1) is 0 Å². The minimum atomic E-state index is -3.84. The molecule has 0 radical (unpaired) electrons. The van der Waals surface area contributed by atoms with Crippen molar-refractivity contribution in [3.8, 4) is 6.07 Å². The molecule has 6 nitrogen and oxygen atoms in total. The maximum absolute atomic E-state index is 11.1. The van der Waals surface area contributed by atoms with E-state index in [4.69, 9.17) is 14.8 Å². The minimum absolute atomic E-state index is 0.237. The molecule has 2 rings (SSSR count). The summed E-state index contributed by atoms with van der Waals surface area (Å²) in [6, 6.07) is 10.0. The zero-order valence-electron chi connectivity index (χ0n) is 10.1. The molecule has 0 aliphatic heterocycles. The van der Waals surface area contributed by atoms with E-state index in [-0.39, 0.29) is 11.6 Å². The molecule has 1 heterocycles. The van der Waals surface area contributed by atoms with Gasteiger partial charge >= 0.3 is 0 Å². The van der Waals surface area contributed by atoms with Gasteiger partial charge in [0.05, 0.1) is 17.8 Å². The van der Waals surface area contributed by atoms with E-state index in [0.717, 1.165) is 4.47 Å². The summed E-state index contributed by atoms with van der Waals surface area (Å²) >= 11 is 3.31. The van der Waals surface area contributed by atoms with Gasteiger partial charge < -0.3 is 9.73 Å². The Hall–Kier alpha value is -1.82. The second kappa shape index (κ2) is 5.66. The number of rotatable bonds is 4. The van der Waals surface area contributed by atoms with Crippen molar-refractivity contribution in [2.24, 2.45) is 5.14 Å². The number of nitrogens with one attached hydrogen (secondary N) is 1. The van der Waals surface area contributed by atoms with Crippen LogP contribution in [0.15, 0.2) is 44.3 Å². The Bertz CT molecular complexity index is 777. The standard InChI is InChI=1S/C12H10BrN3O3S/c13-9-2-1-8(6-14)11(5-9)16-7-10-3-4-12(19-10)20(15,17)18/h1-5,16H,7H2,(H2,15,17,18). The summed E-state index contributed by atoms with van der Waals surface area (Å²) in [5.74, 6) is 0.401. The van der Waals surface area contributed by atoms with Gasteiger partial charge in [0.2, 0.25) is 5.09 Å². The van der Waals surface area contributed by atoms with Crippen LogP contribution in [0.25, 0.3) is 0 Å². The molecule has 3 N–H and O–H groups in total. The Morgan fingerprint density at radius 2 is 2.10 bits per heavy atom. The lowest BCUT2D eigenvalue weighted by atomic mass is 10.2. The number of hydrogen-bond acceptors (Lipinski definition) is 5. The molecular weight excluding hydrogens is 346 g/mol. The van der Waals surface area contributed by atoms with Gasteiger partial charge in [0.25, 0.3) is 10.0 Å². The van der Waals surface area contributed by atoms with Crippen LogP contribution in [0.3, 0.4) is 0 Å². The van der Waals surface area contributed by atoms with Gasteiger partial charge in [-0.05, 0) is 30.3 Å². The quantitative estimate of drug-likeness (QED) is 0.873. The fourth-order valence-corrected chi connectivity index (χ4v) is 2.39. The van der Waals surface area contributed by atoms with Gasteiger partial charge in [-0.3, -0.25) is 0 Å². The molecule has 20 heavy (non-hydrogen) atoms. The Morgan fingerprint density at radius 3 is 2.70 bits per heavy atom. The highest BCUT2D eigenvalue weighted by atomic mass is 79.9. The predicted molar refractivity (Wildman–Crippen MR) is 76.3 cm³/mol. The van der Waals surface area contributed by atoms with Gasteiger partial charge in [0.15, 0.2) is 0 Å². The molecule has 1 aromatic heterocycles. The van der Waals surface area contributed by atoms with Gasteiger partial charge in [-0.25, -0.2) is 13.6 Å². The van der Waals surface area contributed by atoms with E-state index in [2.05, 4.69) is 27.3 Å². The predicted octanol–water partition coefficient (Wildman–Crippen LogP) is 2.17. The lowest BCUT2D eigenvalue weighted by Crippen LogP contribution is -2.10. The zero-order chi connectivity index (χ0) is 14.8. The fraction of sp³-hybridized carbons (Fsp3) is 0.0833. The number of nitrogens with zero attached hydrogens (tertiary/aromatic N) is 1. The summed E-state index contributed by atoms with van der Waals surface area (Å²) in [5, 5.41) is 16.7. The summed E-state index contributed by atoms with van der Waals surface area (Å²) in [4.78, 5) is 0. The third kappa shape index (κ3) is 3.39. The Morgan fingerprint density at radius 1 is 1.35 bits per heavy atom. The lowest BCUT2D eigenvalue weighted by molar-refractivity contribution is 0.419. The summed E-state index contributed by atoms with van der Waals surface area (Å²) in [6.45, 7) is 0.237. The lowest BCUT2D eigenvalue weighted by Gasteiger charge is -2.07. The number of primary sulfonamides is 1. The van der Waals surface area contributed by atoms with Crippen molar-refractivity contribution in [1.82, 2.24) is 0 Å². The summed E-state index contributed by atoms with van der Waals surface area (Å²) < 4.78 is 28.1. The highest BCUT2D eigenvalue weighted by Gasteiger charge is 2.13. The molecule has 0 amide bonds. The molecule has 0 saturated carbocycles. The maximum atomic E-state index is 11.1. The fourth-order valence-electron chi connectivity index (χ4n) is 1.55. The highest BCUT2D eigenvalue weighted by molar-refractivity contribution is 9.10. The molecule has 1 aromatic carbocycles. The highest BCUT2D eigenvalue weighted by Crippen LogP contribution is 2.22. The third-order valence-electron chi connectivity index (χ3n) is 2.47. The molecule has 0 atom stereocenters.